The van der Waals surface area contributed by atoms with Gasteiger partial charge in [-0.3, -0.25) is 9.59 Å². The molecule has 0 aromatic heterocycles. The second-order valence-corrected chi connectivity index (χ2v) is 5.71. The van der Waals surface area contributed by atoms with E-state index < -0.39 is 0 Å². The summed E-state index contributed by atoms with van der Waals surface area (Å²) in [7, 11) is 0. The Labute approximate surface area is 145 Å². The molecule has 5 nitrogen and oxygen atoms in total. The van der Waals surface area contributed by atoms with Gasteiger partial charge < -0.3 is 15.7 Å². The van der Waals surface area contributed by atoms with Crippen molar-refractivity contribution in [2.45, 2.75) is 19.4 Å². The highest BCUT2D eigenvalue weighted by Crippen LogP contribution is 2.11. The van der Waals surface area contributed by atoms with Gasteiger partial charge in [0, 0.05) is 29.2 Å². The van der Waals surface area contributed by atoms with Crippen LogP contribution in [0, 0.1) is 0 Å². The van der Waals surface area contributed by atoms with Crippen molar-refractivity contribution in [3.05, 3.63) is 64.7 Å². The Morgan fingerprint density at radius 2 is 1.83 bits per heavy atom. The lowest BCUT2D eigenvalue weighted by Crippen LogP contribution is -2.25. The molecule has 0 fully saturated rings. The largest absolute Gasteiger partial charge is 0.392 e. The maximum absolute atomic E-state index is 11.9. The number of benzene rings is 2. The lowest BCUT2D eigenvalue weighted by molar-refractivity contribution is -0.116. The first kappa shape index (κ1) is 18.0. The lowest BCUT2D eigenvalue weighted by atomic mass is 10.2. The number of aliphatic hydroxyl groups is 1. The quantitative estimate of drug-likeness (QED) is 0.674. The molecule has 0 aliphatic rings. The monoisotopic (exact) mass is 346 g/mol. The number of aliphatic hydroxyl groups excluding tert-OH is 1. The molecule has 0 saturated carbocycles. The number of halogens is 1. The maximum Gasteiger partial charge on any atom is 0.251 e. The van der Waals surface area contributed by atoms with E-state index >= 15 is 0 Å². The van der Waals surface area contributed by atoms with E-state index in [9.17, 15) is 9.59 Å². The third-order valence-electron chi connectivity index (χ3n) is 3.37. The number of anilines is 1. The van der Waals surface area contributed by atoms with Crippen molar-refractivity contribution in [2.24, 2.45) is 0 Å². The van der Waals surface area contributed by atoms with Gasteiger partial charge in [-0.1, -0.05) is 23.7 Å². The third-order valence-corrected chi connectivity index (χ3v) is 3.62. The average Bonchev–Trinajstić information content (AvgIpc) is 2.59. The number of carbonyl (C=O) groups is 2. The zero-order chi connectivity index (χ0) is 17.4. The summed E-state index contributed by atoms with van der Waals surface area (Å²) in [5.41, 5.74) is 1.92. The normalized spacial score (nSPS) is 10.2. The molecular formula is C18H19ClN2O3. The molecule has 2 aromatic rings. The molecule has 0 aliphatic carbocycles. The van der Waals surface area contributed by atoms with Crippen molar-refractivity contribution in [3.8, 4) is 0 Å². The first-order valence-electron chi connectivity index (χ1n) is 7.62. The summed E-state index contributed by atoms with van der Waals surface area (Å²) in [4.78, 5) is 23.7. The van der Waals surface area contributed by atoms with Crippen molar-refractivity contribution in [1.82, 2.24) is 5.32 Å². The summed E-state index contributed by atoms with van der Waals surface area (Å²) in [6.45, 7) is 0.339. The van der Waals surface area contributed by atoms with Crippen LogP contribution in [-0.2, 0) is 11.4 Å². The highest BCUT2D eigenvalue weighted by atomic mass is 35.5. The number of carbonyl (C=O) groups excluding carboxylic acids is 2. The molecular weight excluding hydrogens is 328 g/mol. The summed E-state index contributed by atoms with van der Waals surface area (Å²) < 4.78 is 0. The minimum absolute atomic E-state index is 0.0690. The van der Waals surface area contributed by atoms with Crippen molar-refractivity contribution in [1.29, 1.82) is 0 Å². The summed E-state index contributed by atoms with van der Waals surface area (Å²) in [6, 6.07) is 13.7. The van der Waals surface area contributed by atoms with E-state index in [4.69, 9.17) is 16.7 Å². The molecule has 2 rings (SSSR count). The van der Waals surface area contributed by atoms with Crippen LogP contribution in [-0.4, -0.2) is 23.5 Å². The Bertz CT molecular complexity index is 702. The summed E-state index contributed by atoms with van der Waals surface area (Å²) >= 11 is 5.77. The molecule has 0 saturated heterocycles. The fourth-order valence-corrected chi connectivity index (χ4v) is 2.25. The van der Waals surface area contributed by atoms with Crippen LogP contribution in [0.25, 0.3) is 0 Å². The van der Waals surface area contributed by atoms with Gasteiger partial charge in [-0.05, 0) is 48.4 Å². The number of hydrogen-bond donors (Lipinski definition) is 3. The Morgan fingerprint density at radius 3 is 2.54 bits per heavy atom. The first-order chi connectivity index (χ1) is 11.6. The third kappa shape index (κ3) is 5.68. The number of amides is 2. The van der Waals surface area contributed by atoms with Gasteiger partial charge in [-0.2, -0.15) is 0 Å². The van der Waals surface area contributed by atoms with E-state index in [2.05, 4.69) is 10.6 Å². The van der Waals surface area contributed by atoms with E-state index in [-0.39, 0.29) is 18.4 Å². The highest BCUT2D eigenvalue weighted by Gasteiger charge is 2.06. The molecule has 126 valence electrons. The molecule has 0 aliphatic heterocycles. The minimum Gasteiger partial charge on any atom is -0.392 e. The average molecular weight is 347 g/mol. The van der Waals surface area contributed by atoms with E-state index in [1.807, 2.05) is 0 Å². The van der Waals surface area contributed by atoms with Crippen molar-refractivity contribution < 1.29 is 14.7 Å². The molecule has 6 heteroatoms. The standard InChI is InChI=1S/C18H19ClN2O3/c19-15-8-6-14(7-9-15)18(24)20-10-2-5-17(23)21-16-4-1-3-13(11-16)12-22/h1,3-4,6-9,11,22H,2,5,10,12H2,(H,20,24)(H,21,23). The SMILES string of the molecule is O=C(CCCNC(=O)c1ccc(Cl)cc1)Nc1cccc(CO)c1. The van der Waals surface area contributed by atoms with Gasteiger partial charge in [0.15, 0.2) is 0 Å². The van der Waals surface area contributed by atoms with Gasteiger partial charge in [0.1, 0.15) is 0 Å². The Morgan fingerprint density at radius 1 is 1.08 bits per heavy atom. The van der Waals surface area contributed by atoms with E-state index in [1.54, 1.807) is 48.5 Å². The van der Waals surface area contributed by atoms with Crippen LogP contribution in [0.15, 0.2) is 48.5 Å². The smallest absolute Gasteiger partial charge is 0.251 e. The van der Waals surface area contributed by atoms with Crippen LogP contribution < -0.4 is 10.6 Å². The maximum atomic E-state index is 11.9. The Kier molecular flexibility index (Phi) is 6.78. The van der Waals surface area contributed by atoms with Crippen molar-refractivity contribution in [3.63, 3.8) is 0 Å². The van der Waals surface area contributed by atoms with Crippen molar-refractivity contribution >= 4 is 29.1 Å². The molecule has 0 atom stereocenters. The van der Waals surface area contributed by atoms with Crippen LogP contribution in [0.4, 0.5) is 5.69 Å². The highest BCUT2D eigenvalue weighted by molar-refractivity contribution is 6.30. The van der Waals surface area contributed by atoms with Crippen molar-refractivity contribution in [2.75, 3.05) is 11.9 Å². The predicted molar refractivity (Wildman–Crippen MR) is 94.0 cm³/mol. The summed E-state index contributed by atoms with van der Waals surface area (Å²) in [6.07, 6.45) is 0.828. The van der Waals surface area contributed by atoms with Crippen LogP contribution >= 0.6 is 11.6 Å². The summed E-state index contributed by atoms with van der Waals surface area (Å²) in [5.74, 6) is -0.325. The van der Waals surface area contributed by atoms with E-state index in [1.165, 1.54) is 0 Å². The fraction of sp³-hybridized carbons (Fsp3) is 0.222. The fourth-order valence-electron chi connectivity index (χ4n) is 2.13. The molecule has 0 radical (unpaired) electrons. The van der Waals surface area contributed by atoms with Crippen LogP contribution in [0.2, 0.25) is 5.02 Å². The Hall–Kier alpha value is -2.37. The topological polar surface area (TPSA) is 78.4 Å². The van der Waals surface area contributed by atoms with Crippen LogP contribution in [0.1, 0.15) is 28.8 Å². The number of rotatable bonds is 7. The van der Waals surface area contributed by atoms with Gasteiger partial charge >= 0.3 is 0 Å². The zero-order valence-electron chi connectivity index (χ0n) is 13.1. The molecule has 24 heavy (non-hydrogen) atoms. The first-order valence-corrected chi connectivity index (χ1v) is 7.99. The second kappa shape index (κ2) is 9.05. The van der Waals surface area contributed by atoms with Gasteiger partial charge in [0.05, 0.1) is 6.61 Å². The number of hydrogen-bond acceptors (Lipinski definition) is 3. The van der Waals surface area contributed by atoms with Gasteiger partial charge in [0.25, 0.3) is 5.91 Å². The molecule has 0 unspecified atom stereocenters. The van der Waals surface area contributed by atoms with E-state index in [0.717, 1.165) is 5.56 Å². The molecule has 0 bridgehead atoms. The minimum atomic E-state index is -0.192. The molecule has 2 aromatic carbocycles. The van der Waals surface area contributed by atoms with Crippen LogP contribution in [0.5, 0.6) is 0 Å². The summed E-state index contributed by atoms with van der Waals surface area (Å²) in [5, 5.41) is 15.2. The molecule has 0 spiro atoms. The predicted octanol–water partition coefficient (Wildman–Crippen LogP) is 2.98. The molecule has 2 amide bonds. The Balaban J connectivity index is 1.70. The second-order valence-electron chi connectivity index (χ2n) is 5.27. The van der Waals surface area contributed by atoms with Gasteiger partial charge in [0.2, 0.25) is 5.91 Å². The van der Waals surface area contributed by atoms with E-state index in [0.29, 0.717) is 35.7 Å². The van der Waals surface area contributed by atoms with Gasteiger partial charge in [-0.15, -0.1) is 0 Å². The zero-order valence-corrected chi connectivity index (χ0v) is 13.8. The lowest BCUT2D eigenvalue weighted by Gasteiger charge is -2.07. The van der Waals surface area contributed by atoms with Crippen LogP contribution in [0.3, 0.4) is 0 Å². The van der Waals surface area contributed by atoms with Gasteiger partial charge in [-0.25, -0.2) is 0 Å². The molecule has 3 N–H and O–H groups in total. The number of nitrogens with one attached hydrogen (secondary N) is 2. The molecule has 0 heterocycles.